The van der Waals surface area contributed by atoms with Gasteiger partial charge in [-0.1, -0.05) is 6.08 Å². The Balaban J connectivity index is 2.40. The summed E-state index contributed by atoms with van der Waals surface area (Å²) in [6, 6.07) is 0. The fourth-order valence-electron chi connectivity index (χ4n) is 0.735. The molecule has 0 bridgehead atoms. The van der Waals surface area contributed by atoms with Gasteiger partial charge in [-0.05, 0) is 0 Å². The van der Waals surface area contributed by atoms with Gasteiger partial charge in [-0.25, -0.2) is 4.79 Å². The Morgan fingerprint density at radius 1 is 1.50 bits per heavy atom. The van der Waals surface area contributed by atoms with Crippen molar-refractivity contribution in [3.8, 4) is 0 Å². The second-order valence-electron chi connectivity index (χ2n) is 1.81. The van der Waals surface area contributed by atoms with Crippen LogP contribution in [0.1, 0.15) is 0 Å². The van der Waals surface area contributed by atoms with E-state index in [1.165, 1.54) is 0 Å². The second kappa shape index (κ2) is 0.844. The second-order valence-corrected chi connectivity index (χ2v) is 1.81. The van der Waals surface area contributed by atoms with Crippen LogP contribution in [0.2, 0.25) is 0 Å². The van der Waals surface area contributed by atoms with E-state index < -0.39 is 11.9 Å². The van der Waals surface area contributed by atoms with Crippen LogP contribution in [-0.2, 0) is 14.3 Å². The van der Waals surface area contributed by atoms with Gasteiger partial charge in [-0.3, -0.25) is 4.79 Å². The smallest absolute Gasteiger partial charge is 0.342 e. The fourth-order valence-corrected chi connectivity index (χ4v) is 0.735. The predicted octanol–water partition coefficient (Wildman–Crippen LogP) is -0.374. The Bertz CT molecular complexity index is 214. The molecule has 1 aliphatic heterocycles. The summed E-state index contributed by atoms with van der Waals surface area (Å²) < 4.78 is 4.18. The zero-order valence-electron chi connectivity index (χ0n) is 3.88. The number of esters is 2. The molecule has 2 aliphatic rings. The summed E-state index contributed by atoms with van der Waals surface area (Å²) >= 11 is 0. The molecule has 8 heavy (non-hydrogen) atoms. The molecular weight excluding hydrogens is 108 g/mol. The standard InChI is InChI=1S/C5H2O3/c6-4-2-1-3(2)5(7)8-4/h1-2H. The maximum atomic E-state index is 10.3. The van der Waals surface area contributed by atoms with E-state index in [9.17, 15) is 9.59 Å². The average Bonchev–Trinajstić information content (AvgIpc) is 2.35. The van der Waals surface area contributed by atoms with E-state index in [0.29, 0.717) is 5.57 Å². The van der Waals surface area contributed by atoms with Crippen LogP contribution in [0.25, 0.3) is 0 Å². The summed E-state index contributed by atoms with van der Waals surface area (Å²) in [6.07, 6.45) is 1.61. The van der Waals surface area contributed by atoms with Crippen LogP contribution in [-0.4, -0.2) is 11.9 Å². The Morgan fingerprint density at radius 3 is 2.38 bits per heavy atom. The molecule has 3 heteroatoms. The van der Waals surface area contributed by atoms with Crippen molar-refractivity contribution < 1.29 is 14.3 Å². The van der Waals surface area contributed by atoms with Crippen molar-refractivity contribution >= 4 is 11.9 Å². The molecule has 0 radical (unpaired) electrons. The van der Waals surface area contributed by atoms with Crippen molar-refractivity contribution in [2.24, 2.45) is 5.92 Å². The van der Waals surface area contributed by atoms with Gasteiger partial charge in [-0.2, -0.15) is 0 Å². The number of hydrogen-bond donors (Lipinski definition) is 0. The molecule has 0 saturated carbocycles. The van der Waals surface area contributed by atoms with Gasteiger partial charge >= 0.3 is 11.9 Å². The zero-order chi connectivity index (χ0) is 5.72. The maximum Gasteiger partial charge on any atom is 0.342 e. The molecule has 0 aromatic heterocycles. The topological polar surface area (TPSA) is 43.4 Å². The van der Waals surface area contributed by atoms with Crippen LogP contribution in [0.3, 0.4) is 0 Å². The molecule has 1 aliphatic carbocycles. The Morgan fingerprint density at radius 2 is 2.25 bits per heavy atom. The molecule has 1 fully saturated rings. The van der Waals surface area contributed by atoms with E-state index in [-0.39, 0.29) is 5.92 Å². The zero-order valence-corrected chi connectivity index (χ0v) is 3.88. The average molecular weight is 110 g/mol. The highest BCUT2D eigenvalue weighted by molar-refractivity contribution is 6.14. The first kappa shape index (κ1) is 3.83. The minimum atomic E-state index is -0.458. The summed E-state index contributed by atoms with van der Waals surface area (Å²) in [5.41, 5.74) is 0.537. The molecule has 0 spiro atoms. The van der Waals surface area contributed by atoms with Gasteiger partial charge in [0.15, 0.2) is 0 Å². The number of carbonyl (C=O) groups excluding carboxylic acids is 2. The quantitative estimate of drug-likeness (QED) is 0.315. The molecule has 2 rings (SSSR count). The van der Waals surface area contributed by atoms with Gasteiger partial charge < -0.3 is 4.74 Å². The molecule has 1 unspecified atom stereocenters. The summed E-state index contributed by atoms with van der Waals surface area (Å²) in [5, 5.41) is 0. The van der Waals surface area contributed by atoms with Crippen LogP contribution in [0.5, 0.6) is 0 Å². The minimum absolute atomic E-state index is 0.262. The number of fused-ring (bicyclic) bond motifs is 1. The normalized spacial score (nSPS) is 31.5. The molecule has 0 amide bonds. The molecule has 0 N–H and O–H groups in total. The summed E-state index contributed by atoms with van der Waals surface area (Å²) in [5.74, 6) is -1.13. The van der Waals surface area contributed by atoms with E-state index in [2.05, 4.69) is 4.74 Å². The van der Waals surface area contributed by atoms with E-state index in [1.807, 2.05) is 0 Å². The highest BCUT2D eigenvalue weighted by atomic mass is 16.6. The van der Waals surface area contributed by atoms with Gasteiger partial charge in [0.2, 0.25) is 0 Å². The SMILES string of the molecule is O=C1OC(=O)C2C=C12. The molecule has 1 saturated heterocycles. The molecular formula is C5H2O3. The summed E-state index contributed by atoms with van der Waals surface area (Å²) in [6.45, 7) is 0. The van der Waals surface area contributed by atoms with Gasteiger partial charge in [-0.15, -0.1) is 0 Å². The van der Waals surface area contributed by atoms with Crippen molar-refractivity contribution in [2.45, 2.75) is 0 Å². The number of rotatable bonds is 0. The first-order valence-electron chi connectivity index (χ1n) is 2.27. The minimum Gasteiger partial charge on any atom is -0.389 e. The van der Waals surface area contributed by atoms with Crippen molar-refractivity contribution in [2.75, 3.05) is 0 Å². The monoisotopic (exact) mass is 110 g/mol. The third-order valence-electron chi connectivity index (χ3n) is 1.26. The van der Waals surface area contributed by atoms with Crippen molar-refractivity contribution in [1.82, 2.24) is 0 Å². The molecule has 1 atom stereocenters. The highest BCUT2D eigenvalue weighted by Crippen LogP contribution is 2.36. The Kier molecular flexibility index (Phi) is 0.404. The molecule has 0 aromatic carbocycles. The fraction of sp³-hybridized carbons (Fsp3) is 0.200. The lowest BCUT2D eigenvalue weighted by Crippen LogP contribution is -2.01. The number of hydrogen-bond acceptors (Lipinski definition) is 3. The van der Waals surface area contributed by atoms with Crippen molar-refractivity contribution in [3.05, 3.63) is 11.6 Å². The third kappa shape index (κ3) is 0.258. The van der Waals surface area contributed by atoms with Crippen molar-refractivity contribution in [3.63, 3.8) is 0 Å². The van der Waals surface area contributed by atoms with E-state index in [4.69, 9.17) is 0 Å². The van der Waals surface area contributed by atoms with Crippen LogP contribution in [0.4, 0.5) is 0 Å². The van der Waals surface area contributed by atoms with Gasteiger partial charge in [0, 0.05) is 0 Å². The molecule has 0 aromatic rings. The van der Waals surface area contributed by atoms with Gasteiger partial charge in [0.25, 0.3) is 0 Å². The van der Waals surface area contributed by atoms with Crippen LogP contribution < -0.4 is 0 Å². The van der Waals surface area contributed by atoms with Crippen LogP contribution in [0, 0.1) is 5.92 Å². The molecule has 40 valence electrons. The lowest BCUT2D eigenvalue weighted by molar-refractivity contribution is -0.152. The van der Waals surface area contributed by atoms with E-state index in [0.717, 1.165) is 0 Å². The largest absolute Gasteiger partial charge is 0.389 e. The highest BCUT2D eigenvalue weighted by Gasteiger charge is 2.47. The van der Waals surface area contributed by atoms with Crippen LogP contribution in [0.15, 0.2) is 11.6 Å². The Hall–Kier alpha value is -1.12. The number of cyclic esters (lactones) is 2. The first-order chi connectivity index (χ1) is 3.79. The lowest BCUT2D eigenvalue weighted by atomic mass is 10.3. The maximum absolute atomic E-state index is 10.3. The third-order valence-corrected chi connectivity index (χ3v) is 1.26. The molecule has 1 heterocycles. The lowest BCUT2D eigenvalue weighted by Gasteiger charge is -1.84. The molecule has 3 nitrogen and oxygen atoms in total. The van der Waals surface area contributed by atoms with Crippen LogP contribution >= 0.6 is 0 Å². The summed E-state index contributed by atoms with van der Waals surface area (Å²) in [4.78, 5) is 20.6. The number of carbonyl (C=O) groups is 2. The van der Waals surface area contributed by atoms with Crippen molar-refractivity contribution in [1.29, 1.82) is 0 Å². The van der Waals surface area contributed by atoms with Gasteiger partial charge in [0.05, 0.1) is 5.57 Å². The first-order valence-corrected chi connectivity index (χ1v) is 2.27. The Labute approximate surface area is 44.9 Å². The number of ether oxygens (including phenoxy) is 1. The van der Waals surface area contributed by atoms with E-state index >= 15 is 0 Å². The van der Waals surface area contributed by atoms with Gasteiger partial charge in [0.1, 0.15) is 5.92 Å². The van der Waals surface area contributed by atoms with E-state index in [1.54, 1.807) is 6.08 Å². The summed E-state index contributed by atoms with van der Waals surface area (Å²) in [7, 11) is 0. The predicted molar refractivity (Wildman–Crippen MR) is 22.7 cm³/mol.